The number of carboxylic acid groups (broad SMARTS) is 1. The van der Waals surface area contributed by atoms with Gasteiger partial charge in [0.15, 0.2) is 0 Å². The van der Waals surface area contributed by atoms with E-state index in [1.54, 1.807) is 7.11 Å². The smallest absolute Gasteiger partial charge is 0.326 e. The minimum atomic E-state index is -0.781. The number of methoxy groups -OCH3 is 1. The molecule has 0 bridgehead atoms. The molecule has 0 aromatic carbocycles. The van der Waals surface area contributed by atoms with E-state index in [1.165, 1.54) is 0 Å². The summed E-state index contributed by atoms with van der Waals surface area (Å²) in [7, 11) is 1.59. The highest BCUT2D eigenvalue weighted by Gasteiger charge is 2.55. The first-order valence-corrected chi connectivity index (χ1v) is 5.90. The molecule has 0 radical (unpaired) electrons. The molecule has 1 saturated carbocycles. The molecule has 2 N–H and O–H groups in total. The molecule has 0 aromatic heterocycles. The van der Waals surface area contributed by atoms with Gasteiger partial charge in [0.05, 0.1) is 6.61 Å². The van der Waals surface area contributed by atoms with Gasteiger partial charge in [-0.25, -0.2) is 0 Å². The number of nitrogens with zero attached hydrogens (tertiary/aromatic N) is 1. The summed E-state index contributed by atoms with van der Waals surface area (Å²) in [5, 5.41) is 12.8. The molecule has 2 fully saturated rings. The number of piperazine rings is 1. The summed E-state index contributed by atoms with van der Waals surface area (Å²) in [5.41, 5.74) is -0.781. The van der Waals surface area contributed by atoms with E-state index in [4.69, 9.17) is 4.74 Å². The maximum absolute atomic E-state index is 11.7. The molecular formula is C11H20N2O3. The molecule has 0 amide bonds. The van der Waals surface area contributed by atoms with E-state index >= 15 is 0 Å². The van der Waals surface area contributed by atoms with Crippen molar-refractivity contribution in [3.05, 3.63) is 0 Å². The van der Waals surface area contributed by atoms with Crippen LogP contribution in [-0.2, 0) is 9.53 Å². The summed E-state index contributed by atoms with van der Waals surface area (Å²) >= 11 is 0. The fraction of sp³-hybridized carbons (Fsp3) is 0.909. The molecule has 1 aliphatic carbocycles. The fourth-order valence-electron chi connectivity index (χ4n) is 2.68. The van der Waals surface area contributed by atoms with Crippen molar-refractivity contribution in [3.63, 3.8) is 0 Å². The predicted molar refractivity (Wildman–Crippen MR) is 59.4 cm³/mol. The number of nitrogens with one attached hydrogen (secondary N) is 1. The average molecular weight is 228 g/mol. The van der Waals surface area contributed by atoms with Gasteiger partial charge in [0.2, 0.25) is 0 Å². The zero-order valence-corrected chi connectivity index (χ0v) is 9.74. The molecule has 5 nitrogen and oxygen atoms in total. The summed E-state index contributed by atoms with van der Waals surface area (Å²) < 4.78 is 5.18. The number of ether oxygens (including phenoxy) is 1. The normalized spacial score (nSPS) is 26.3. The highest BCUT2D eigenvalue weighted by molar-refractivity contribution is 5.80. The van der Waals surface area contributed by atoms with Crippen LogP contribution in [0.4, 0.5) is 0 Å². The van der Waals surface area contributed by atoms with Crippen LogP contribution in [0, 0.1) is 5.92 Å². The number of aliphatic carboxylic acids is 1. The largest absolute Gasteiger partial charge is 0.480 e. The third-order valence-electron chi connectivity index (χ3n) is 3.67. The summed E-state index contributed by atoms with van der Waals surface area (Å²) in [6.45, 7) is 3.63. The van der Waals surface area contributed by atoms with Gasteiger partial charge in [0, 0.05) is 33.3 Å². The van der Waals surface area contributed by atoms with Crippen molar-refractivity contribution < 1.29 is 14.6 Å². The lowest BCUT2D eigenvalue weighted by Crippen LogP contribution is -2.63. The first-order chi connectivity index (χ1) is 7.71. The Morgan fingerprint density at radius 1 is 1.50 bits per heavy atom. The Hall–Kier alpha value is -0.650. The number of rotatable bonds is 5. The molecular weight excluding hydrogens is 208 g/mol. The number of carboxylic acids is 1. The summed E-state index contributed by atoms with van der Waals surface area (Å²) in [6, 6.07) is 0. The first-order valence-electron chi connectivity index (χ1n) is 5.90. The van der Waals surface area contributed by atoms with Crippen molar-refractivity contribution in [2.45, 2.75) is 18.4 Å². The molecule has 0 spiro atoms. The Bertz CT molecular complexity index is 262. The van der Waals surface area contributed by atoms with Crippen LogP contribution < -0.4 is 5.32 Å². The molecule has 1 heterocycles. The van der Waals surface area contributed by atoms with E-state index in [1.807, 2.05) is 0 Å². The quantitative estimate of drug-likeness (QED) is 0.680. The lowest BCUT2D eigenvalue weighted by atomic mass is 9.91. The fourth-order valence-corrected chi connectivity index (χ4v) is 2.68. The molecule has 5 heteroatoms. The second-order valence-corrected chi connectivity index (χ2v) is 4.67. The van der Waals surface area contributed by atoms with Gasteiger partial charge in [-0.2, -0.15) is 0 Å². The molecule has 2 rings (SSSR count). The zero-order valence-electron chi connectivity index (χ0n) is 9.74. The molecule has 0 aromatic rings. The third-order valence-corrected chi connectivity index (χ3v) is 3.67. The van der Waals surface area contributed by atoms with Gasteiger partial charge in [0.25, 0.3) is 0 Å². The van der Waals surface area contributed by atoms with E-state index < -0.39 is 11.5 Å². The second-order valence-electron chi connectivity index (χ2n) is 4.67. The van der Waals surface area contributed by atoms with Gasteiger partial charge in [-0.15, -0.1) is 0 Å². The van der Waals surface area contributed by atoms with Crippen molar-refractivity contribution in [2.75, 3.05) is 39.9 Å². The maximum atomic E-state index is 11.7. The summed E-state index contributed by atoms with van der Waals surface area (Å²) in [5.74, 6) is -0.457. The topological polar surface area (TPSA) is 61.8 Å². The lowest BCUT2D eigenvalue weighted by molar-refractivity contribution is -0.158. The summed E-state index contributed by atoms with van der Waals surface area (Å²) in [4.78, 5) is 13.7. The minimum Gasteiger partial charge on any atom is -0.480 e. The monoisotopic (exact) mass is 228 g/mol. The lowest BCUT2D eigenvalue weighted by Gasteiger charge is -2.42. The van der Waals surface area contributed by atoms with Gasteiger partial charge >= 0.3 is 5.97 Å². The molecule has 2 aliphatic rings. The van der Waals surface area contributed by atoms with Gasteiger partial charge in [0.1, 0.15) is 5.54 Å². The van der Waals surface area contributed by atoms with Crippen molar-refractivity contribution in [3.8, 4) is 0 Å². The molecule has 1 atom stereocenters. The van der Waals surface area contributed by atoms with Gasteiger partial charge < -0.3 is 15.2 Å². The van der Waals surface area contributed by atoms with E-state index in [2.05, 4.69) is 10.2 Å². The van der Waals surface area contributed by atoms with E-state index in [-0.39, 0.29) is 5.92 Å². The van der Waals surface area contributed by atoms with E-state index in [0.29, 0.717) is 6.61 Å². The Morgan fingerprint density at radius 3 is 2.56 bits per heavy atom. The third kappa shape index (κ3) is 1.95. The van der Waals surface area contributed by atoms with Gasteiger partial charge in [-0.3, -0.25) is 9.69 Å². The second kappa shape index (κ2) is 4.69. The Morgan fingerprint density at radius 2 is 2.12 bits per heavy atom. The van der Waals surface area contributed by atoms with Crippen molar-refractivity contribution in [2.24, 2.45) is 5.92 Å². The average Bonchev–Trinajstić information content (AvgIpc) is 3.11. The molecule has 16 heavy (non-hydrogen) atoms. The number of carbonyl (C=O) groups is 1. The molecule has 1 saturated heterocycles. The highest BCUT2D eigenvalue weighted by atomic mass is 16.5. The highest BCUT2D eigenvalue weighted by Crippen LogP contribution is 2.43. The van der Waals surface area contributed by atoms with Gasteiger partial charge in [-0.05, 0) is 18.8 Å². The molecule has 92 valence electrons. The van der Waals surface area contributed by atoms with Crippen molar-refractivity contribution in [1.29, 1.82) is 0 Å². The van der Waals surface area contributed by atoms with Gasteiger partial charge in [-0.1, -0.05) is 0 Å². The molecule has 1 unspecified atom stereocenters. The van der Waals surface area contributed by atoms with Crippen LogP contribution in [0.2, 0.25) is 0 Å². The summed E-state index contributed by atoms with van der Waals surface area (Å²) in [6.07, 6.45) is 2.03. The van der Waals surface area contributed by atoms with Crippen LogP contribution in [0.25, 0.3) is 0 Å². The Balaban J connectivity index is 2.19. The van der Waals surface area contributed by atoms with E-state index in [9.17, 15) is 9.90 Å². The van der Waals surface area contributed by atoms with Crippen LogP contribution in [0.1, 0.15) is 12.8 Å². The van der Waals surface area contributed by atoms with Crippen LogP contribution >= 0.6 is 0 Å². The Labute approximate surface area is 95.8 Å². The number of hydrogen-bond donors (Lipinski definition) is 2. The minimum absolute atomic E-state index is 0.267. The van der Waals surface area contributed by atoms with Crippen LogP contribution in [0.5, 0.6) is 0 Å². The Kier molecular flexibility index (Phi) is 3.47. The van der Waals surface area contributed by atoms with Crippen LogP contribution in [0.15, 0.2) is 0 Å². The number of hydrogen-bond acceptors (Lipinski definition) is 4. The maximum Gasteiger partial charge on any atom is 0.326 e. The standard InChI is InChI=1S/C11H20N2O3/c1-16-8-11(10(14)15,9-2-3-9)13-6-4-12-5-7-13/h9,12H,2-8H2,1H3,(H,14,15). The van der Waals surface area contributed by atoms with Crippen LogP contribution in [0.3, 0.4) is 0 Å². The SMILES string of the molecule is COCC(C(=O)O)(C1CC1)N1CCNCC1. The van der Waals surface area contributed by atoms with Crippen molar-refractivity contribution in [1.82, 2.24) is 10.2 Å². The first kappa shape index (κ1) is 11.8. The van der Waals surface area contributed by atoms with E-state index in [0.717, 1.165) is 39.0 Å². The zero-order chi connectivity index (χ0) is 11.6. The van der Waals surface area contributed by atoms with Crippen molar-refractivity contribution >= 4 is 5.97 Å². The predicted octanol–water partition coefficient (Wildman–Crippen LogP) is -0.229. The molecule has 1 aliphatic heterocycles. The van der Waals surface area contributed by atoms with Crippen LogP contribution in [-0.4, -0.2) is 61.4 Å².